The first kappa shape index (κ1) is 13.2. The first-order valence-electron chi connectivity index (χ1n) is 5.68. The zero-order valence-corrected chi connectivity index (χ0v) is 10.5. The Morgan fingerprint density at radius 1 is 1.35 bits per heavy atom. The molecule has 92 valence electrons. The van der Waals surface area contributed by atoms with Crippen molar-refractivity contribution in [2.75, 3.05) is 5.73 Å². The van der Waals surface area contributed by atoms with E-state index in [-0.39, 0.29) is 5.91 Å². The van der Waals surface area contributed by atoms with Gasteiger partial charge in [0.1, 0.15) is 0 Å². The molecule has 0 atom stereocenters. The Morgan fingerprint density at radius 3 is 2.47 bits per heavy atom. The quantitative estimate of drug-likeness (QED) is 0.475. The van der Waals surface area contributed by atoms with Gasteiger partial charge in [0, 0.05) is 12.1 Å². The second-order valence-corrected chi connectivity index (χ2v) is 4.45. The summed E-state index contributed by atoms with van der Waals surface area (Å²) < 4.78 is 0. The Hall–Kier alpha value is -1.84. The molecule has 0 bridgehead atoms. The van der Waals surface area contributed by atoms with Gasteiger partial charge in [0.2, 0.25) is 5.91 Å². The van der Waals surface area contributed by atoms with Gasteiger partial charge in [-0.1, -0.05) is 26.0 Å². The first-order valence-corrected chi connectivity index (χ1v) is 5.68. The molecule has 4 heteroatoms. The number of hydrogen-bond acceptors (Lipinski definition) is 3. The van der Waals surface area contributed by atoms with Gasteiger partial charge in [-0.2, -0.15) is 5.10 Å². The first-order chi connectivity index (χ1) is 7.99. The predicted molar refractivity (Wildman–Crippen MR) is 70.7 cm³/mol. The van der Waals surface area contributed by atoms with Crippen LogP contribution in [0.2, 0.25) is 0 Å². The fourth-order valence-corrected chi connectivity index (χ4v) is 1.35. The van der Waals surface area contributed by atoms with Gasteiger partial charge < -0.3 is 5.73 Å². The van der Waals surface area contributed by atoms with E-state index in [9.17, 15) is 4.79 Å². The van der Waals surface area contributed by atoms with Gasteiger partial charge in [-0.3, -0.25) is 4.79 Å². The number of nitrogen functional groups attached to an aromatic ring is 1. The van der Waals surface area contributed by atoms with Crippen molar-refractivity contribution in [3.8, 4) is 0 Å². The average molecular weight is 233 g/mol. The number of nitrogens with one attached hydrogen (secondary N) is 1. The van der Waals surface area contributed by atoms with Crippen LogP contribution in [-0.2, 0) is 4.79 Å². The van der Waals surface area contributed by atoms with Crippen LogP contribution < -0.4 is 11.2 Å². The van der Waals surface area contributed by atoms with Gasteiger partial charge in [-0.25, -0.2) is 5.43 Å². The zero-order chi connectivity index (χ0) is 12.8. The summed E-state index contributed by atoms with van der Waals surface area (Å²) in [6.45, 7) is 5.84. The SMILES string of the molecule is C/C(=N\NC(=O)CC(C)C)c1ccc(N)cc1. The van der Waals surface area contributed by atoms with E-state index < -0.39 is 0 Å². The fourth-order valence-electron chi connectivity index (χ4n) is 1.35. The predicted octanol–water partition coefficient (Wildman–Crippen LogP) is 2.16. The highest BCUT2D eigenvalue weighted by Gasteiger charge is 2.03. The van der Waals surface area contributed by atoms with E-state index in [4.69, 9.17) is 5.73 Å². The summed E-state index contributed by atoms with van der Waals surface area (Å²) >= 11 is 0. The Kier molecular flexibility index (Phi) is 4.69. The highest BCUT2D eigenvalue weighted by molar-refractivity contribution is 5.99. The minimum Gasteiger partial charge on any atom is -0.399 e. The molecule has 0 unspecified atom stereocenters. The number of carbonyl (C=O) groups excluding carboxylic acids is 1. The summed E-state index contributed by atoms with van der Waals surface area (Å²) in [6.07, 6.45) is 0.485. The number of amides is 1. The highest BCUT2D eigenvalue weighted by Crippen LogP contribution is 2.06. The third-order valence-corrected chi connectivity index (χ3v) is 2.27. The molecule has 0 aliphatic carbocycles. The minimum atomic E-state index is -0.0604. The molecule has 0 fully saturated rings. The lowest BCUT2D eigenvalue weighted by atomic mass is 10.1. The number of hydrogen-bond donors (Lipinski definition) is 2. The molecule has 0 aliphatic rings. The molecule has 1 aromatic rings. The smallest absolute Gasteiger partial charge is 0.240 e. The van der Waals surface area contributed by atoms with Crippen LogP contribution in [0.15, 0.2) is 29.4 Å². The topological polar surface area (TPSA) is 67.5 Å². The van der Waals surface area contributed by atoms with Crippen LogP contribution in [0.5, 0.6) is 0 Å². The van der Waals surface area contributed by atoms with Gasteiger partial charge in [-0.15, -0.1) is 0 Å². The summed E-state index contributed by atoms with van der Waals surface area (Å²) in [4.78, 5) is 11.4. The summed E-state index contributed by atoms with van der Waals surface area (Å²) in [6, 6.07) is 7.38. The van der Waals surface area contributed by atoms with Crippen molar-refractivity contribution in [1.82, 2.24) is 5.43 Å². The van der Waals surface area contributed by atoms with Gasteiger partial charge in [-0.05, 0) is 30.5 Å². The van der Waals surface area contributed by atoms with E-state index in [1.54, 1.807) is 0 Å². The second-order valence-electron chi connectivity index (χ2n) is 4.45. The summed E-state index contributed by atoms with van der Waals surface area (Å²) in [5.41, 5.74) is 10.6. The zero-order valence-electron chi connectivity index (χ0n) is 10.5. The van der Waals surface area contributed by atoms with Crippen molar-refractivity contribution in [3.05, 3.63) is 29.8 Å². The molecule has 0 heterocycles. The number of anilines is 1. The molecule has 17 heavy (non-hydrogen) atoms. The van der Waals surface area contributed by atoms with Crippen LogP contribution >= 0.6 is 0 Å². The molecule has 0 radical (unpaired) electrons. The number of nitrogens with zero attached hydrogens (tertiary/aromatic N) is 1. The lowest BCUT2D eigenvalue weighted by Gasteiger charge is -2.05. The van der Waals surface area contributed by atoms with E-state index in [2.05, 4.69) is 10.5 Å². The third-order valence-electron chi connectivity index (χ3n) is 2.27. The third kappa shape index (κ3) is 4.68. The van der Waals surface area contributed by atoms with Crippen LogP contribution in [0.3, 0.4) is 0 Å². The Balaban J connectivity index is 2.60. The van der Waals surface area contributed by atoms with Crippen LogP contribution in [0.25, 0.3) is 0 Å². The van der Waals surface area contributed by atoms with Gasteiger partial charge >= 0.3 is 0 Å². The van der Waals surface area contributed by atoms with Crippen molar-refractivity contribution in [3.63, 3.8) is 0 Å². The monoisotopic (exact) mass is 233 g/mol. The maximum Gasteiger partial charge on any atom is 0.240 e. The second kappa shape index (κ2) is 6.03. The van der Waals surface area contributed by atoms with E-state index in [0.717, 1.165) is 11.3 Å². The van der Waals surface area contributed by atoms with Crippen LogP contribution in [0, 0.1) is 5.92 Å². The van der Waals surface area contributed by atoms with Crippen molar-refractivity contribution < 1.29 is 4.79 Å². The summed E-state index contributed by atoms with van der Waals surface area (Å²) in [5.74, 6) is 0.275. The molecule has 1 rings (SSSR count). The lowest BCUT2D eigenvalue weighted by Crippen LogP contribution is -2.20. The fraction of sp³-hybridized carbons (Fsp3) is 0.385. The molecule has 0 saturated heterocycles. The number of benzene rings is 1. The molecule has 0 aromatic heterocycles. The number of nitrogens with two attached hydrogens (primary N) is 1. The number of rotatable bonds is 4. The molecule has 1 aromatic carbocycles. The van der Waals surface area contributed by atoms with Crippen LogP contribution in [0.1, 0.15) is 32.8 Å². The highest BCUT2D eigenvalue weighted by atomic mass is 16.2. The van der Waals surface area contributed by atoms with Crippen molar-refractivity contribution in [1.29, 1.82) is 0 Å². The number of hydrazone groups is 1. The van der Waals surface area contributed by atoms with Crippen LogP contribution in [-0.4, -0.2) is 11.6 Å². The largest absolute Gasteiger partial charge is 0.399 e. The Labute approximate surface area is 102 Å². The van der Waals surface area contributed by atoms with Gasteiger partial charge in [0.25, 0.3) is 0 Å². The molecule has 1 amide bonds. The maximum atomic E-state index is 11.4. The molecule has 3 N–H and O–H groups in total. The minimum absolute atomic E-state index is 0.0604. The lowest BCUT2D eigenvalue weighted by molar-refractivity contribution is -0.121. The Morgan fingerprint density at radius 2 is 1.94 bits per heavy atom. The Bertz CT molecular complexity index is 407. The summed E-state index contributed by atoms with van der Waals surface area (Å²) in [5, 5.41) is 4.05. The standard InChI is InChI=1S/C13H19N3O/c1-9(2)8-13(17)16-15-10(3)11-4-6-12(14)7-5-11/h4-7,9H,8,14H2,1-3H3,(H,16,17)/b15-10+. The van der Waals surface area contributed by atoms with Crippen molar-refractivity contribution >= 4 is 17.3 Å². The molecular weight excluding hydrogens is 214 g/mol. The van der Waals surface area contributed by atoms with E-state index >= 15 is 0 Å². The maximum absolute atomic E-state index is 11.4. The summed E-state index contributed by atoms with van der Waals surface area (Å²) in [7, 11) is 0. The van der Waals surface area contributed by atoms with Gasteiger partial charge in [0.05, 0.1) is 5.71 Å². The molecule has 4 nitrogen and oxygen atoms in total. The van der Waals surface area contributed by atoms with Crippen molar-refractivity contribution in [2.24, 2.45) is 11.0 Å². The number of carbonyl (C=O) groups is 1. The average Bonchev–Trinajstić information content (AvgIpc) is 2.26. The molecular formula is C13H19N3O. The van der Waals surface area contributed by atoms with E-state index in [1.807, 2.05) is 45.0 Å². The van der Waals surface area contributed by atoms with Gasteiger partial charge in [0.15, 0.2) is 0 Å². The van der Waals surface area contributed by atoms with Crippen LogP contribution in [0.4, 0.5) is 5.69 Å². The normalized spacial score (nSPS) is 11.6. The molecule has 0 aliphatic heterocycles. The van der Waals surface area contributed by atoms with E-state index in [1.165, 1.54) is 0 Å². The molecule has 0 saturated carbocycles. The van der Waals surface area contributed by atoms with Crippen molar-refractivity contribution in [2.45, 2.75) is 27.2 Å². The van der Waals surface area contributed by atoms with E-state index in [0.29, 0.717) is 18.0 Å². The molecule has 0 spiro atoms.